The maximum atomic E-state index is 12.3. The maximum Gasteiger partial charge on any atom is 0.278 e. The molecule has 1 heterocycles. The van der Waals surface area contributed by atoms with Crippen molar-refractivity contribution in [1.29, 1.82) is 0 Å². The first-order valence-corrected chi connectivity index (χ1v) is 3.84. The van der Waals surface area contributed by atoms with Gasteiger partial charge in [0.05, 0.1) is 6.54 Å². The van der Waals surface area contributed by atoms with Gasteiger partial charge in [-0.3, -0.25) is 4.90 Å². The highest BCUT2D eigenvalue weighted by atomic mass is 19.3. The van der Waals surface area contributed by atoms with Gasteiger partial charge in [-0.1, -0.05) is 19.9 Å². The van der Waals surface area contributed by atoms with Crippen molar-refractivity contribution >= 4 is 0 Å². The first kappa shape index (κ1) is 10.6. The quantitative estimate of drug-likeness (QED) is 0.494. The topological polar surface area (TPSA) is 3.24 Å². The highest BCUT2D eigenvalue weighted by Gasteiger charge is 2.28. The zero-order valence-electron chi connectivity index (χ0n) is 7.27. The summed E-state index contributed by atoms with van der Waals surface area (Å²) in [5.41, 5.74) is 0. The van der Waals surface area contributed by atoms with Crippen LogP contribution in [0.15, 0.2) is 12.2 Å². The van der Waals surface area contributed by atoms with Gasteiger partial charge in [-0.15, -0.1) is 0 Å². The van der Waals surface area contributed by atoms with E-state index in [1.807, 2.05) is 13.8 Å². The van der Waals surface area contributed by atoms with E-state index in [9.17, 15) is 8.78 Å². The molecule has 0 atom stereocenters. The first-order chi connectivity index (χ1) is 5.10. The molecule has 0 saturated heterocycles. The minimum absolute atomic E-state index is 0.149. The summed E-state index contributed by atoms with van der Waals surface area (Å²) >= 11 is 0. The van der Waals surface area contributed by atoms with Crippen LogP contribution in [0.25, 0.3) is 0 Å². The molecule has 0 amide bonds. The fourth-order valence-electron chi connectivity index (χ4n) is 0.882. The Kier molecular flexibility index (Phi) is 4.26. The molecular weight excluding hydrogens is 148 g/mol. The molecule has 0 spiro atoms. The van der Waals surface area contributed by atoms with Crippen LogP contribution >= 0.6 is 0 Å². The van der Waals surface area contributed by atoms with E-state index in [1.54, 1.807) is 11.9 Å². The molecule has 0 bridgehead atoms. The number of hydrogen-bond acceptors (Lipinski definition) is 1. The Morgan fingerprint density at radius 2 is 1.91 bits per heavy atom. The lowest BCUT2D eigenvalue weighted by atomic mass is 10.2. The van der Waals surface area contributed by atoms with E-state index >= 15 is 0 Å². The van der Waals surface area contributed by atoms with E-state index in [-0.39, 0.29) is 6.54 Å². The third-order valence-electron chi connectivity index (χ3n) is 1.26. The predicted molar refractivity (Wildman–Crippen MR) is 42.9 cm³/mol. The van der Waals surface area contributed by atoms with Gasteiger partial charge in [0.2, 0.25) is 0 Å². The van der Waals surface area contributed by atoms with Crippen LogP contribution in [0.5, 0.6) is 0 Å². The molecule has 3 heteroatoms. The number of hydrogen-bond donors (Lipinski definition) is 0. The summed E-state index contributed by atoms with van der Waals surface area (Å²) in [6, 6.07) is 0. The van der Waals surface area contributed by atoms with Crippen molar-refractivity contribution in [3.8, 4) is 0 Å². The second-order valence-electron chi connectivity index (χ2n) is 2.36. The third kappa shape index (κ3) is 4.09. The van der Waals surface area contributed by atoms with Gasteiger partial charge in [0.1, 0.15) is 0 Å². The molecule has 1 aliphatic heterocycles. The average molecular weight is 163 g/mol. The summed E-state index contributed by atoms with van der Waals surface area (Å²) in [6.45, 7) is 4.49. The van der Waals surface area contributed by atoms with Crippen molar-refractivity contribution in [2.24, 2.45) is 0 Å². The third-order valence-corrected chi connectivity index (χ3v) is 1.26. The highest BCUT2D eigenvalue weighted by molar-refractivity contribution is 5.01. The van der Waals surface area contributed by atoms with Gasteiger partial charge in [-0.2, -0.15) is 0 Å². The molecule has 1 nitrogen and oxygen atoms in total. The van der Waals surface area contributed by atoms with E-state index in [0.29, 0.717) is 6.54 Å². The SMILES string of the molecule is CC.CN1CC=CC(F)(F)C1. The van der Waals surface area contributed by atoms with Crippen LogP contribution in [0.1, 0.15) is 13.8 Å². The summed E-state index contributed by atoms with van der Waals surface area (Å²) in [7, 11) is 1.68. The summed E-state index contributed by atoms with van der Waals surface area (Å²) in [5.74, 6) is -2.60. The molecule has 1 aliphatic rings. The van der Waals surface area contributed by atoms with E-state index < -0.39 is 5.92 Å². The van der Waals surface area contributed by atoms with Crippen LogP contribution < -0.4 is 0 Å². The van der Waals surface area contributed by atoms with E-state index in [2.05, 4.69) is 0 Å². The molecule has 0 aromatic heterocycles. The largest absolute Gasteiger partial charge is 0.297 e. The Hall–Kier alpha value is -0.440. The van der Waals surface area contributed by atoms with Gasteiger partial charge in [0, 0.05) is 6.54 Å². The van der Waals surface area contributed by atoms with Gasteiger partial charge < -0.3 is 0 Å². The molecule has 0 radical (unpaired) electrons. The molecule has 1 rings (SSSR count). The Balaban J connectivity index is 0.000000461. The fourth-order valence-corrected chi connectivity index (χ4v) is 0.882. The smallest absolute Gasteiger partial charge is 0.278 e. The highest BCUT2D eigenvalue weighted by Crippen LogP contribution is 2.19. The summed E-state index contributed by atoms with van der Waals surface area (Å²) < 4.78 is 24.7. The normalized spacial score (nSPS) is 22.3. The van der Waals surface area contributed by atoms with E-state index in [4.69, 9.17) is 0 Å². The van der Waals surface area contributed by atoms with Crippen LogP contribution in [0.3, 0.4) is 0 Å². The summed E-state index contributed by atoms with van der Waals surface area (Å²) in [6.07, 6.45) is 2.45. The summed E-state index contributed by atoms with van der Waals surface area (Å²) in [4.78, 5) is 1.58. The Morgan fingerprint density at radius 3 is 2.18 bits per heavy atom. The van der Waals surface area contributed by atoms with Gasteiger partial charge in [-0.05, 0) is 13.1 Å². The Morgan fingerprint density at radius 1 is 1.36 bits per heavy atom. The van der Waals surface area contributed by atoms with Crippen molar-refractivity contribution in [3.05, 3.63) is 12.2 Å². The molecule has 0 fully saturated rings. The summed E-state index contributed by atoms with van der Waals surface area (Å²) in [5, 5.41) is 0. The maximum absolute atomic E-state index is 12.3. The minimum atomic E-state index is -2.60. The number of alkyl halides is 2. The first-order valence-electron chi connectivity index (χ1n) is 3.84. The Labute approximate surface area is 66.7 Å². The molecular formula is C8H15F2N. The van der Waals surface area contributed by atoms with Crippen molar-refractivity contribution in [2.45, 2.75) is 19.8 Å². The average Bonchev–Trinajstić information content (AvgIpc) is 1.89. The van der Waals surface area contributed by atoms with E-state index in [1.165, 1.54) is 6.08 Å². The van der Waals surface area contributed by atoms with Gasteiger partial charge in [0.25, 0.3) is 5.92 Å². The lowest BCUT2D eigenvalue weighted by Gasteiger charge is -2.24. The number of likely N-dealkylation sites (N-methyl/N-ethyl adjacent to an activating group) is 1. The van der Waals surface area contributed by atoms with Crippen LogP contribution in [0.2, 0.25) is 0 Å². The van der Waals surface area contributed by atoms with Crippen LogP contribution in [0.4, 0.5) is 8.78 Å². The molecule has 0 saturated carbocycles. The Bertz CT molecular complexity index is 132. The van der Waals surface area contributed by atoms with Crippen molar-refractivity contribution in [3.63, 3.8) is 0 Å². The monoisotopic (exact) mass is 163 g/mol. The molecule has 11 heavy (non-hydrogen) atoms. The van der Waals surface area contributed by atoms with Gasteiger partial charge in [-0.25, -0.2) is 8.78 Å². The van der Waals surface area contributed by atoms with Gasteiger partial charge >= 0.3 is 0 Å². The van der Waals surface area contributed by atoms with Crippen LogP contribution in [0, 0.1) is 0 Å². The van der Waals surface area contributed by atoms with Crippen molar-refractivity contribution in [2.75, 3.05) is 20.1 Å². The van der Waals surface area contributed by atoms with Crippen molar-refractivity contribution in [1.82, 2.24) is 4.90 Å². The molecule has 66 valence electrons. The van der Waals surface area contributed by atoms with E-state index in [0.717, 1.165) is 6.08 Å². The van der Waals surface area contributed by atoms with Crippen molar-refractivity contribution < 1.29 is 8.78 Å². The molecule has 0 aromatic carbocycles. The second kappa shape index (κ2) is 4.44. The number of rotatable bonds is 0. The number of nitrogens with zero attached hydrogens (tertiary/aromatic N) is 1. The molecule has 0 unspecified atom stereocenters. The second-order valence-corrected chi connectivity index (χ2v) is 2.36. The molecule has 0 aliphatic carbocycles. The standard InChI is InChI=1S/C6H9F2N.C2H6/c1-9-4-2-3-6(7,8)5-9;1-2/h2-3H,4-5H2,1H3;1-2H3. The molecule has 0 aromatic rings. The lowest BCUT2D eigenvalue weighted by molar-refractivity contribution is 0.0162. The molecule has 0 N–H and O–H groups in total. The van der Waals surface area contributed by atoms with Crippen LogP contribution in [-0.4, -0.2) is 31.0 Å². The number of halogens is 2. The predicted octanol–water partition coefficient (Wildman–Crippen LogP) is 2.15. The minimum Gasteiger partial charge on any atom is -0.297 e. The fraction of sp³-hybridized carbons (Fsp3) is 0.750. The zero-order valence-corrected chi connectivity index (χ0v) is 7.27. The lowest BCUT2D eigenvalue weighted by Crippen LogP contribution is -2.36. The van der Waals surface area contributed by atoms with Gasteiger partial charge in [0.15, 0.2) is 0 Å². The zero-order chi connectivity index (χ0) is 8.91. The van der Waals surface area contributed by atoms with Crippen LogP contribution in [-0.2, 0) is 0 Å².